The fourth-order valence-electron chi connectivity index (χ4n) is 2.01. The number of hydrogen-bond acceptors (Lipinski definition) is 5. The highest BCUT2D eigenvalue weighted by Crippen LogP contribution is 2.49. The topological polar surface area (TPSA) is 105 Å². The normalized spacial score (nSPS) is 11.0. The van der Waals surface area contributed by atoms with E-state index in [0.717, 1.165) is 5.56 Å². The predicted octanol–water partition coefficient (Wildman–Crippen LogP) is 4.83. The Morgan fingerprint density at radius 2 is 0.966 bits per heavy atom. The van der Waals surface area contributed by atoms with E-state index in [4.69, 9.17) is 28.3 Å². The number of benzene rings is 3. The van der Waals surface area contributed by atoms with E-state index in [9.17, 15) is 4.57 Å². The molecule has 10 heteroatoms. The minimum absolute atomic E-state index is 0.406. The van der Waals surface area contributed by atoms with Gasteiger partial charge in [-0.1, -0.05) is 54.1 Å². The summed E-state index contributed by atoms with van der Waals surface area (Å²) in [6.45, 7) is -1.84. The lowest BCUT2D eigenvalue weighted by molar-refractivity contribution is 0.298. The van der Waals surface area contributed by atoms with Gasteiger partial charge in [0.1, 0.15) is 17.2 Å². The number of rotatable bonds is 6. The Balaban J connectivity index is 0.000000537. The van der Waals surface area contributed by atoms with Crippen LogP contribution in [0.25, 0.3) is 0 Å². The molecule has 3 aromatic rings. The number of hydrogen-bond donors (Lipinski definition) is 3. The van der Waals surface area contributed by atoms with Crippen LogP contribution in [0.3, 0.4) is 0 Å². The van der Waals surface area contributed by atoms with Gasteiger partial charge in [-0.25, -0.2) is 0 Å². The van der Waals surface area contributed by atoms with Crippen LogP contribution in [-0.2, 0) is 16.4 Å². The zero-order valence-electron chi connectivity index (χ0n) is 15.4. The highest BCUT2D eigenvalue weighted by atomic mass is 32.5. The summed E-state index contributed by atoms with van der Waals surface area (Å²) in [7, 11) is -3.90. The molecule has 0 atom stereocenters. The van der Waals surface area contributed by atoms with Gasteiger partial charge in [-0.05, 0) is 55.1 Å². The zero-order valence-corrected chi connectivity index (χ0v) is 18.0. The van der Waals surface area contributed by atoms with Gasteiger partial charge in [-0.15, -0.1) is 0 Å². The van der Waals surface area contributed by atoms with Crippen molar-refractivity contribution in [1.29, 1.82) is 0 Å². The molecule has 0 saturated heterocycles. The summed E-state index contributed by atoms with van der Waals surface area (Å²) in [5.41, 5.74) is 1.07. The Bertz CT molecular complexity index is 923. The molecule has 0 aromatic heterocycles. The summed E-state index contributed by atoms with van der Waals surface area (Å²) in [4.78, 5) is 22.7. The molecule has 0 bridgehead atoms. The van der Waals surface area contributed by atoms with Crippen molar-refractivity contribution in [1.82, 2.24) is 0 Å². The average molecular weight is 454 g/mol. The molecule has 0 unspecified atom stereocenters. The van der Waals surface area contributed by atoms with Crippen LogP contribution in [0.1, 0.15) is 5.56 Å². The second kappa shape index (κ2) is 10.6. The van der Waals surface area contributed by atoms with Crippen LogP contribution in [-0.4, -0.2) is 14.7 Å². The van der Waals surface area contributed by atoms with E-state index >= 15 is 0 Å². The zero-order chi connectivity index (χ0) is 21.3. The highest BCUT2D eigenvalue weighted by molar-refractivity contribution is 8.06. The molecule has 0 heterocycles. The summed E-state index contributed by atoms with van der Waals surface area (Å²) in [6, 6.07) is 24.8. The van der Waals surface area contributed by atoms with Crippen LogP contribution in [0.4, 0.5) is 0 Å². The van der Waals surface area contributed by atoms with E-state index in [0.29, 0.717) is 17.2 Å². The van der Waals surface area contributed by atoms with E-state index in [-0.39, 0.29) is 0 Å². The third-order valence-electron chi connectivity index (χ3n) is 3.16. The lowest BCUT2D eigenvalue weighted by atomic mass is 10.2. The third kappa shape index (κ3) is 9.72. The SMILES string of the molecule is Cc1ccc(OP(=O)(Oc2ccccc2)Oc2ccccc2)cc1.OP(O)(O)=S. The van der Waals surface area contributed by atoms with Gasteiger partial charge in [0.05, 0.1) is 0 Å². The smallest absolute Gasteiger partial charge is 0.386 e. The van der Waals surface area contributed by atoms with Crippen LogP contribution >= 0.6 is 14.5 Å². The molecule has 0 spiro atoms. The van der Waals surface area contributed by atoms with Crippen LogP contribution in [0, 0.1) is 6.92 Å². The van der Waals surface area contributed by atoms with E-state index in [1.54, 1.807) is 60.7 Å². The Labute approximate surface area is 174 Å². The van der Waals surface area contributed by atoms with E-state index in [1.807, 2.05) is 31.2 Å². The molecule has 0 saturated carbocycles. The molecule has 154 valence electrons. The third-order valence-corrected chi connectivity index (χ3v) is 4.46. The Morgan fingerprint density at radius 1 is 0.655 bits per heavy atom. The molecular formula is C19H20O7P2S. The van der Waals surface area contributed by atoms with E-state index in [2.05, 4.69) is 11.8 Å². The van der Waals surface area contributed by atoms with Gasteiger partial charge >= 0.3 is 14.5 Å². The molecule has 0 fully saturated rings. The van der Waals surface area contributed by atoms with Crippen LogP contribution in [0.5, 0.6) is 17.2 Å². The van der Waals surface area contributed by atoms with Gasteiger partial charge in [0.15, 0.2) is 0 Å². The quantitative estimate of drug-likeness (QED) is 0.455. The van der Waals surface area contributed by atoms with Gasteiger partial charge < -0.3 is 28.3 Å². The summed E-state index contributed by atoms with van der Waals surface area (Å²) in [5.74, 6) is 1.23. The predicted molar refractivity (Wildman–Crippen MR) is 114 cm³/mol. The van der Waals surface area contributed by atoms with E-state index in [1.165, 1.54) is 0 Å². The van der Waals surface area contributed by atoms with Crippen molar-refractivity contribution >= 4 is 26.3 Å². The highest BCUT2D eigenvalue weighted by Gasteiger charge is 2.33. The van der Waals surface area contributed by atoms with Crippen molar-refractivity contribution in [2.24, 2.45) is 0 Å². The number of aryl methyl sites for hydroxylation is 1. The van der Waals surface area contributed by atoms with Gasteiger partial charge in [-0.2, -0.15) is 4.57 Å². The fraction of sp³-hybridized carbons (Fsp3) is 0.0526. The molecule has 3 aromatic carbocycles. The first-order chi connectivity index (χ1) is 13.6. The maximum absolute atomic E-state index is 13.1. The standard InChI is InChI=1S/C19H17O4P.H3O3PS/c1-16-12-14-19(15-13-16)23-24(20,21-17-8-4-2-5-9-17)22-18-10-6-3-7-11-18;1-4(2,3)5/h2-15H,1H3;(H3,1,2,3,5). The molecule has 7 nitrogen and oxygen atoms in total. The van der Waals surface area contributed by atoms with Crippen molar-refractivity contribution in [3.05, 3.63) is 90.5 Å². The maximum Gasteiger partial charge on any atom is 0.647 e. The molecule has 0 aliphatic rings. The molecule has 29 heavy (non-hydrogen) atoms. The number of phosphoric ester groups is 1. The first-order valence-corrected chi connectivity index (χ1v) is 12.4. The summed E-state index contributed by atoms with van der Waals surface area (Å²) in [6.07, 6.45) is 0. The van der Waals surface area contributed by atoms with E-state index < -0.39 is 14.5 Å². The maximum atomic E-state index is 13.1. The molecule has 0 amide bonds. The van der Waals surface area contributed by atoms with Crippen molar-refractivity contribution in [3.63, 3.8) is 0 Å². The molecule has 0 radical (unpaired) electrons. The summed E-state index contributed by atoms with van der Waals surface area (Å²) >= 11 is 3.60. The second-order valence-corrected chi connectivity index (χ2v) is 9.61. The van der Waals surface area contributed by atoms with Crippen molar-refractivity contribution in [2.75, 3.05) is 0 Å². The lowest BCUT2D eigenvalue weighted by Gasteiger charge is -2.19. The second-order valence-electron chi connectivity index (χ2n) is 5.67. The Kier molecular flexibility index (Phi) is 8.41. The molecule has 0 aliphatic carbocycles. The van der Waals surface area contributed by atoms with Crippen LogP contribution < -0.4 is 13.6 Å². The monoisotopic (exact) mass is 454 g/mol. The molecular weight excluding hydrogens is 434 g/mol. The van der Waals surface area contributed by atoms with Crippen LogP contribution in [0.15, 0.2) is 84.9 Å². The van der Waals surface area contributed by atoms with Gasteiger partial charge in [0.25, 0.3) is 0 Å². The van der Waals surface area contributed by atoms with Gasteiger partial charge in [-0.3, -0.25) is 0 Å². The lowest BCUT2D eigenvalue weighted by Crippen LogP contribution is -2.07. The minimum Gasteiger partial charge on any atom is -0.386 e. The van der Waals surface area contributed by atoms with Crippen molar-refractivity contribution in [2.45, 2.75) is 6.92 Å². The van der Waals surface area contributed by atoms with Crippen LogP contribution in [0.2, 0.25) is 0 Å². The largest absolute Gasteiger partial charge is 0.647 e. The first kappa shape index (κ1) is 23.1. The van der Waals surface area contributed by atoms with Gasteiger partial charge in [0.2, 0.25) is 0 Å². The molecule has 3 rings (SSSR count). The minimum atomic E-state index is -3.90. The number of para-hydroxylation sites is 2. The molecule has 0 aliphatic heterocycles. The van der Waals surface area contributed by atoms with Gasteiger partial charge in [0, 0.05) is 0 Å². The number of phosphoric acid groups is 1. The fourth-order valence-corrected chi connectivity index (χ4v) is 3.26. The first-order valence-electron chi connectivity index (χ1n) is 8.27. The van der Waals surface area contributed by atoms with Crippen molar-refractivity contribution < 1.29 is 32.8 Å². The summed E-state index contributed by atoms with van der Waals surface area (Å²) < 4.78 is 29.8. The summed E-state index contributed by atoms with van der Waals surface area (Å²) in [5, 5.41) is 0. The molecule has 3 N–H and O–H groups in total. The average Bonchev–Trinajstić information content (AvgIpc) is 2.64. The van der Waals surface area contributed by atoms with Crippen molar-refractivity contribution in [3.8, 4) is 17.2 Å². The Morgan fingerprint density at radius 3 is 1.31 bits per heavy atom. The Hall–Kier alpha value is -2.18.